The summed E-state index contributed by atoms with van der Waals surface area (Å²) < 4.78 is 5.79. The molecule has 1 aliphatic rings. The van der Waals surface area contributed by atoms with Crippen molar-refractivity contribution in [1.82, 2.24) is 14.9 Å². The number of carbonyl (C=O) groups excluding carboxylic acids is 2. The number of aromatic amines is 1. The summed E-state index contributed by atoms with van der Waals surface area (Å²) in [5, 5.41) is 0.936. The van der Waals surface area contributed by atoms with Crippen LogP contribution in [0.1, 0.15) is 12.7 Å². The molecule has 6 nitrogen and oxygen atoms in total. The van der Waals surface area contributed by atoms with E-state index >= 15 is 0 Å². The van der Waals surface area contributed by atoms with Crippen molar-refractivity contribution in [3.63, 3.8) is 0 Å². The number of benzene rings is 1. The van der Waals surface area contributed by atoms with Gasteiger partial charge in [-0.05, 0) is 66.9 Å². The molecule has 1 saturated heterocycles. The van der Waals surface area contributed by atoms with Crippen molar-refractivity contribution in [2.45, 2.75) is 17.2 Å². The molecule has 0 aliphatic carbocycles. The number of hydrogen-bond donors (Lipinski definition) is 1. The van der Waals surface area contributed by atoms with Gasteiger partial charge in [0.05, 0.1) is 15.9 Å². The van der Waals surface area contributed by atoms with Crippen molar-refractivity contribution in [3.8, 4) is 12.3 Å². The minimum atomic E-state index is -0.414. The molecule has 1 fully saturated rings. The molecular weight excluding hydrogens is 418 g/mol. The Balaban J connectivity index is 1.52. The number of rotatable bonds is 5. The standard InChI is InChI=1S/C22H15N3O3S2/c1-3-5-8-14(4-2)25-20(26)18(29-22(25)27)13-15-11-12-19(28-15)30-21-23-16-9-6-7-10-17(16)24-21/h1,4-13H,2H3,(H,23,24)/b8-5-,14-4+,18-13-. The van der Waals surface area contributed by atoms with E-state index in [1.54, 1.807) is 37.3 Å². The van der Waals surface area contributed by atoms with E-state index in [9.17, 15) is 9.59 Å². The molecule has 148 valence electrons. The lowest BCUT2D eigenvalue weighted by atomic mass is 10.3. The Hall–Kier alpha value is -3.41. The van der Waals surface area contributed by atoms with Gasteiger partial charge >= 0.3 is 0 Å². The number of thioether (sulfide) groups is 1. The van der Waals surface area contributed by atoms with Crippen LogP contribution in [0.4, 0.5) is 4.79 Å². The maximum absolute atomic E-state index is 12.7. The van der Waals surface area contributed by atoms with E-state index in [4.69, 9.17) is 10.8 Å². The zero-order chi connectivity index (χ0) is 21.1. The van der Waals surface area contributed by atoms with Crippen molar-refractivity contribution in [3.05, 3.63) is 71.0 Å². The summed E-state index contributed by atoms with van der Waals surface area (Å²) in [5.41, 5.74) is 2.25. The minimum absolute atomic E-state index is 0.281. The van der Waals surface area contributed by atoms with Crippen molar-refractivity contribution in [2.75, 3.05) is 0 Å². The molecule has 0 atom stereocenters. The van der Waals surface area contributed by atoms with Crippen LogP contribution in [-0.2, 0) is 4.79 Å². The summed E-state index contributed by atoms with van der Waals surface area (Å²) in [5.74, 6) is 2.41. The molecule has 1 aliphatic heterocycles. The van der Waals surface area contributed by atoms with Crippen LogP contribution in [0.25, 0.3) is 17.1 Å². The maximum atomic E-state index is 12.7. The smallest absolute Gasteiger partial charge is 0.298 e. The zero-order valence-corrected chi connectivity index (χ0v) is 17.4. The van der Waals surface area contributed by atoms with Gasteiger partial charge in [0.15, 0.2) is 10.2 Å². The molecule has 3 aromatic rings. The Morgan fingerprint density at radius 3 is 2.90 bits per heavy atom. The van der Waals surface area contributed by atoms with Gasteiger partial charge in [-0.1, -0.05) is 24.1 Å². The number of imidazole rings is 1. The predicted molar refractivity (Wildman–Crippen MR) is 118 cm³/mol. The van der Waals surface area contributed by atoms with Gasteiger partial charge in [0.2, 0.25) is 0 Å². The van der Waals surface area contributed by atoms with Crippen LogP contribution in [0.15, 0.2) is 79.9 Å². The number of nitrogens with one attached hydrogen (secondary N) is 1. The fourth-order valence-electron chi connectivity index (χ4n) is 2.79. The quantitative estimate of drug-likeness (QED) is 0.328. The summed E-state index contributed by atoms with van der Waals surface area (Å²) in [6.45, 7) is 1.73. The lowest BCUT2D eigenvalue weighted by Crippen LogP contribution is -2.26. The molecule has 4 rings (SSSR count). The van der Waals surface area contributed by atoms with Crippen molar-refractivity contribution in [1.29, 1.82) is 0 Å². The fourth-order valence-corrected chi connectivity index (χ4v) is 4.38. The molecule has 0 bridgehead atoms. The number of H-pyrrole nitrogens is 1. The Kier molecular flexibility index (Phi) is 5.65. The summed E-state index contributed by atoms with van der Waals surface area (Å²) >= 11 is 2.20. The highest BCUT2D eigenvalue weighted by molar-refractivity contribution is 8.18. The first kappa shape index (κ1) is 19.9. The number of allylic oxidation sites excluding steroid dienone is 3. The van der Waals surface area contributed by atoms with Gasteiger partial charge in [0.1, 0.15) is 5.76 Å². The highest BCUT2D eigenvalue weighted by Crippen LogP contribution is 2.36. The molecule has 8 heteroatoms. The number of nitrogens with zero attached hydrogens (tertiary/aromatic N) is 2. The van der Waals surface area contributed by atoms with Gasteiger partial charge in [0, 0.05) is 11.8 Å². The number of hydrogen-bond acceptors (Lipinski definition) is 6. The third-order valence-electron chi connectivity index (χ3n) is 4.14. The van der Waals surface area contributed by atoms with Crippen molar-refractivity contribution >= 4 is 51.8 Å². The average Bonchev–Trinajstić information content (AvgIpc) is 3.42. The van der Waals surface area contributed by atoms with E-state index < -0.39 is 5.91 Å². The van der Waals surface area contributed by atoms with Crippen LogP contribution in [-0.4, -0.2) is 26.0 Å². The lowest BCUT2D eigenvalue weighted by molar-refractivity contribution is -0.121. The number of fused-ring (bicyclic) bond motifs is 1. The minimum Gasteiger partial charge on any atom is -0.450 e. The molecule has 2 aromatic heterocycles. The van der Waals surface area contributed by atoms with Gasteiger partial charge in [-0.15, -0.1) is 6.42 Å². The molecule has 0 saturated carbocycles. The second kappa shape index (κ2) is 8.53. The topological polar surface area (TPSA) is 79.2 Å². The van der Waals surface area contributed by atoms with E-state index in [0.717, 1.165) is 27.7 Å². The molecule has 0 radical (unpaired) electrons. The highest BCUT2D eigenvalue weighted by atomic mass is 32.2. The SMILES string of the molecule is C#C/C=C\C(=C/C)N1C(=O)S/C(=C\c2ccc(Sc3nc4ccccc4[nH]3)o2)C1=O. The molecular formula is C22H15N3O3S2. The number of aromatic nitrogens is 2. The molecule has 30 heavy (non-hydrogen) atoms. The Labute approximate surface area is 181 Å². The first-order valence-electron chi connectivity index (χ1n) is 8.88. The van der Waals surface area contributed by atoms with Crippen LogP contribution < -0.4 is 0 Å². The molecule has 1 N–H and O–H groups in total. The first-order chi connectivity index (χ1) is 14.6. The lowest BCUT2D eigenvalue weighted by Gasteiger charge is -2.12. The number of para-hydroxylation sites is 2. The van der Waals surface area contributed by atoms with Gasteiger partial charge < -0.3 is 9.40 Å². The Morgan fingerprint density at radius 2 is 2.13 bits per heavy atom. The van der Waals surface area contributed by atoms with Gasteiger partial charge in [0.25, 0.3) is 11.1 Å². The molecule has 3 heterocycles. The van der Waals surface area contributed by atoms with E-state index in [1.165, 1.54) is 17.8 Å². The summed E-state index contributed by atoms with van der Waals surface area (Å²) in [7, 11) is 0. The van der Waals surface area contributed by atoms with Crippen LogP contribution in [0.3, 0.4) is 0 Å². The zero-order valence-electron chi connectivity index (χ0n) is 15.8. The summed E-state index contributed by atoms with van der Waals surface area (Å²) in [4.78, 5) is 34.1. The molecule has 0 spiro atoms. The predicted octanol–water partition coefficient (Wildman–Crippen LogP) is 5.44. The largest absolute Gasteiger partial charge is 0.450 e. The monoisotopic (exact) mass is 433 g/mol. The second-order valence-corrected chi connectivity index (χ2v) is 8.04. The number of carbonyl (C=O) groups is 2. The average molecular weight is 434 g/mol. The molecule has 1 aromatic carbocycles. The number of amides is 2. The van der Waals surface area contributed by atoms with Gasteiger partial charge in [-0.25, -0.2) is 9.88 Å². The van der Waals surface area contributed by atoms with Gasteiger partial charge in [-0.2, -0.15) is 0 Å². The van der Waals surface area contributed by atoms with Crippen molar-refractivity contribution < 1.29 is 14.0 Å². The molecule has 2 amide bonds. The van der Waals surface area contributed by atoms with Gasteiger partial charge in [-0.3, -0.25) is 9.59 Å². The third kappa shape index (κ3) is 3.99. The number of furan rings is 1. The number of terminal acetylenes is 1. The normalized spacial score (nSPS) is 16.3. The van der Waals surface area contributed by atoms with Crippen LogP contribution >= 0.6 is 23.5 Å². The van der Waals surface area contributed by atoms with E-state index in [2.05, 4.69) is 15.9 Å². The van der Waals surface area contributed by atoms with Crippen LogP contribution in [0.5, 0.6) is 0 Å². The van der Waals surface area contributed by atoms with Crippen LogP contribution in [0.2, 0.25) is 0 Å². The van der Waals surface area contributed by atoms with E-state index in [0.29, 0.717) is 21.7 Å². The molecule has 0 unspecified atom stereocenters. The van der Waals surface area contributed by atoms with Crippen molar-refractivity contribution in [2.24, 2.45) is 0 Å². The Morgan fingerprint density at radius 1 is 1.30 bits per heavy atom. The summed E-state index contributed by atoms with van der Waals surface area (Å²) in [6.07, 6.45) is 11.4. The summed E-state index contributed by atoms with van der Waals surface area (Å²) in [6, 6.07) is 11.3. The third-order valence-corrected chi connectivity index (χ3v) is 5.82. The van der Waals surface area contributed by atoms with E-state index in [-0.39, 0.29) is 10.1 Å². The first-order valence-corrected chi connectivity index (χ1v) is 10.5. The highest BCUT2D eigenvalue weighted by Gasteiger charge is 2.36. The van der Waals surface area contributed by atoms with E-state index in [1.807, 2.05) is 24.3 Å². The Bertz CT molecular complexity index is 1240. The number of imide groups is 1. The fraction of sp³-hybridized carbons (Fsp3) is 0.0455. The second-order valence-electron chi connectivity index (χ2n) is 6.05. The maximum Gasteiger partial charge on any atom is 0.298 e. The van der Waals surface area contributed by atoms with Crippen LogP contribution in [0, 0.1) is 12.3 Å².